The molecule has 3 aliphatic rings. The van der Waals surface area contributed by atoms with Gasteiger partial charge in [-0.25, -0.2) is 0 Å². The topological polar surface area (TPSA) is 40.5 Å². The van der Waals surface area contributed by atoms with Crippen LogP contribution in [0.25, 0.3) is 0 Å². The van der Waals surface area contributed by atoms with Gasteiger partial charge in [0.1, 0.15) is 11.5 Å². The minimum atomic E-state index is -0.0880. The minimum Gasteiger partial charge on any atom is -0.508 e. The van der Waals surface area contributed by atoms with Crippen LogP contribution in [0.15, 0.2) is 36.4 Å². The molecule has 0 bridgehead atoms. The standard InChI is InChI=1S/C30H40O2/c31-24-14-16-26(22-10-4-1-5-11-22)28(20-24)30(18-8-3-9-19-30)29-21-25(32)15-17-27(29)23-12-6-2-7-13-23/h14-17,20-23,31-32H,1-13,18-19H2. The third-order valence-corrected chi connectivity index (χ3v) is 8.90. The first-order chi connectivity index (χ1) is 15.7. The van der Waals surface area contributed by atoms with Crippen molar-refractivity contribution in [3.63, 3.8) is 0 Å². The van der Waals surface area contributed by atoms with E-state index in [-0.39, 0.29) is 5.41 Å². The maximum atomic E-state index is 10.7. The van der Waals surface area contributed by atoms with E-state index in [1.54, 1.807) is 0 Å². The second kappa shape index (κ2) is 9.49. The van der Waals surface area contributed by atoms with E-state index in [4.69, 9.17) is 0 Å². The highest BCUT2D eigenvalue weighted by Gasteiger charge is 2.41. The lowest BCUT2D eigenvalue weighted by Crippen LogP contribution is -2.34. The molecule has 172 valence electrons. The average molecular weight is 433 g/mol. The van der Waals surface area contributed by atoms with Crippen molar-refractivity contribution in [3.05, 3.63) is 58.7 Å². The lowest BCUT2D eigenvalue weighted by Gasteiger charge is -2.43. The van der Waals surface area contributed by atoms with E-state index < -0.39 is 0 Å². The SMILES string of the molecule is Oc1ccc(C2CCCCC2)c(C2(c3cc(O)ccc3C3CCCCC3)CCCCC2)c1. The second-order valence-corrected chi connectivity index (χ2v) is 10.9. The lowest BCUT2D eigenvalue weighted by molar-refractivity contribution is 0.329. The van der Waals surface area contributed by atoms with E-state index in [1.165, 1.54) is 106 Å². The molecule has 0 saturated heterocycles. The lowest BCUT2D eigenvalue weighted by atomic mass is 9.60. The molecule has 0 amide bonds. The Morgan fingerprint density at radius 1 is 0.531 bits per heavy atom. The Balaban J connectivity index is 1.68. The quantitative estimate of drug-likeness (QED) is 0.509. The smallest absolute Gasteiger partial charge is 0.115 e. The van der Waals surface area contributed by atoms with Crippen molar-refractivity contribution in [1.82, 2.24) is 0 Å². The fourth-order valence-corrected chi connectivity index (χ4v) is 7.30. The van der Waals surface area contributed by atoms with Crippen LogP contribution in [0.2, 0.25) is 0 Å². The highest BCUT2D eigenvalue weighted by atomic mass is 16.3. The molecule has 0 radical (unpaired) electrons. The number of phenolic OH excluding ortho intramolecular Hbond substituents is 2. The van der Waals surface area contributed by atoms with Crippen molar-refractivity contribution in [2.45, 2.75) is 114 Å². The van der Waals surface area contributed by atoms with E-state index in [2.05, 4.69) is 24.3 Å². The molecule has 0 aromatic heterocycles. The fraction of sp³-hybridized carbons (Fsp3) is 0.600. The summed E-state index contributed by atoms with van der Waals surface area (Å²) < 4.78 is 0. The molecule has 3 aliphatic carbocycles. The summed E-state index contributed by atoms with van der Waals surface area (Å²) in [6.45, 7) is 0. The molecular formula is C30H40O2. The number of rotatable bonds is 4. The number of phenols is 2. The van der Waals surface area contributed by atoms with Gasteiger partial charge in [0, 0.05) is 5.41 Å². The zero-order chi connectivity index (χ0) is 22.0. The van der Waals surface area contributed by atoms with E-state index in [9.17, 15) is 10.2 Å². The van der Waals surface area contributed by atoms with Gasteiger partial charge in [0.15, 0.2) is 0 Å². The molecular weight excluding hydrogens is 392 g/mol. The van der Waals surface area contributed by atoms with Gasteiger partial charge in [-0.05, 0) is 96.9 Å². The molecule has 0 heterocycles. The molecule has 0 spiro atoms. The molecule has 2 aromatic carbocycles. The Labute approximate surface area is 194 Å². The van der Waals surface area contributed by atoms with Gasteiger partial charge in [0.05, 0.1) is 0 Å². The summed E-state index contributed by atoms with van der Waals surface area (Å²) in [7, 11) is 0. The van der Waals surface area contributed by atoms with Crippen LogP contribution in [0.5, 0.6) is 11.5 Å². The predicted molar refractivity (Wildman–Crippen MR) is 132 cm³/mol. The van der Waals surface area contributed by atoms with Crippen LogP contribution in [-0.2, 0) is 5.41 Å². The molecule has 2 N–H and O–H groups in total. The summed E-state index contributed by atoms with van der Waals surface area (Å²) in [6, 6.07) is 12.5. The van der Waals surface area contributed by atoms with Gasteiger partial charge >= 0.3 is 0 Å². The number of hydrogen-bond acceptors (Lipinski definition) is 2. The van der Waals surface area contributed by atoms with E-state index in [0.29, 0.717) is 23.3 Å². The van der Waals surface area contributed by atoms with Gasteiger partial charge < -0.3 is 10.2 Å². The van der Waals surface area contributed by atoms with Gasteiger partial charge in [-0.1, -0.05) is 69.9 Å². The van der Waals surface area contributed by atoms with Crippen molar-refractivity contribution in [2.75, 3.05) is 0 Å². The highest BCUT2D eigenvalue weighted by Crippen LogP contribution is 2.52. The third kappa shape index (κ3) is 4.18. The summed E-state index contributed by atoms with van der Waals surface area (Å²) in [5.41, 5.74) is 5.60. The molecule has 2 aromatic rings. The van der Waals surface area contributed by atoms with E-state index in [1.807, 2.05) is 12.1 Å². The molecule has 0 aliphatic heterocycles. The fourth-order valence-electron chi connectivity index (χ4n) is 7.30. The Bertz CT molecular complexity index is 843. The van der Waals surface area contributed by atoms with Crippen molar-refractivity contribution in [1.29, 1.82) is 0 Å². The second-order valence-electron chi connectivity index (χ2n) is 10.9. The largest absolute Gasteiger partial charge is 0.508 e. The van der Waals surface area contributed by atoms with Crippen LogP contribution in [0.4, 0.5) is 0 Å². The van der Waals surface area contributed by atoms with Crippen LogP contribution in [0.1, 0.15) is 130 Å². The number of benzene rings is 2. The van der Waals surface area contributed by atoms with Gasteiger partial charge in [0.25, 0.3) is 0 Å². The molecule has 3 fully saturated rings. The summed E-state index contributed by atoms with van der Waals surface area (Å²) in [4.78, 5) is 0. The third-order valence-electron chi connectivity index (χ3n) is 8.90. The monoisotopic (exact) mass is 432 g/mol. The van der Waals surface area contributed by atoms with Crippen LogP contribution in [-0.4, -0.2) is 10.2 Å². The average Bonchev–Trinajstić information content (AvgIpc) is 2.85. The Kier molecular flexibility index (Phi) is 6.49. The molecule has 2 nitrogen and oxygen atoms in total. The molecule has 2 heteroatoms. The van der Waals surface area contributed by atoms with Gasteiger partial charge in [0.2, 0.25) is 0 Å². The maximum absolute atomic E-state index is 10.7. The highest BCUT2D eigenvalue weighted by molar-refractivity contribution is 5.53. The van der Waals surface area contributed by atoms with Crippen molar-refractivity contribution < 1.29 is 10.2 Å². The molecule has 32 heavy (non-hydrogen) atoms. The molecule has 3 saturated carbocycles. The van der Waals surface area contributed by atoms with Gasteiger partial charge in [-0.15, -0.1) is 0 Å². The van der Waals surface area contributed by atoms with Crippen molar-refractivity contribution >= 4 is 0 Å². The van der Waals surface area contributed by atoms with Gasteiger partial charge in [-0.2, -0.15) is 0 Å². The van der Waals surface area contributed by atoms with Crippen molar-refractivity contribution in [2.24, 2.45) is 0 Å². The Morgan fingerprint density at radius 3 is 1.38 bits per heavy atom. The minimum absolute atomic E-state index is 0.0880. The summed E-state index contributed by atoms with van der Waals surface area (Å²) in [5, 5.41) is 21.3. The summed E-state index contributed by atoms with van der Waals surface area (Å²) >= 11 is 0. The molecule has 0 atom stereocenters. The van der Waals surface area contributed by atoms with E-state index in [0.717, 1.165) is 12.8 Å². The Morgan fingerprint density at radius 2 is 0.938 bits per heavy atom. The molecule has 5 rings (SSSR count). The number of hydrogen-bond donors (Lipinski definition) is 2. The van der Waals surface area contributed by atoms with Crippen LogP contribution in [0, 0.1) is 0 Å². The summed E-state index contributed by atoms with van der Waals surface area (Å²) in [5.74, 6) is 2.00. The predicted octanol–water partition coefficient (Wildman–Crippen LogP) is 8.44. The van der Waals surface area contributed by atoms with Crippen molar-refractivity contribution in [3.8, 4) is 11.5 Å². The van der Waals surface area contributed by atoms with Crippen LogP contribution in [0.3, 0.4) is 0 Å². The summed E-state index contributed by atoms with van der Waals surface area (Å²) in [6.07, 6.45) is 19.0. The molecule has 0 unspecified atom stereocenters. The first-order valence-electron chi connectivity index (χ1n) is 13.3. The van der Waals surface area contributed by atoms with Crippen LogP contribution < -0.4 is 0 Å². The van der Waals surface area contributed by atoms with Crippen LogP contribution >= 0.6 is 0 Å². The maximum Gasteiger partial charge on any atom is 0.115 e. The zero-order valence-electron chi connectivity index (χ0n) is 19.6. The number of aromatic hydroxyl groups is 2. The van der Waals surface area contributed by atoms with Gasteiger partial charge in [-0.3, -0.25) is 0 Å². The first kappa shape index (κ1) is 21.9. The Hall–Kier alpha value is -1.96. The normalized spacial score (nSPS) is 22.6. The zero-order valence-corrected chi connectivity index (χ0v) is 19.6. The first-order valence-corrected chi connectivity index (χ1v) is 13.3. The van der Waals surface area contributed by atoms with E-state index >= 15 is 0 Å².